The number of amides is 1. The second-order valence-electron chi connectivity index (χ2n) is 7.65. The molecule has 1 aliphatic carbocycles. The molecule has 0 atom stereocenters. The number of rotatable bonds is 3. The van der Waals surface area contributed by atoms with E-state index in [4.69, 9.17) is 4.74 Å². The number of carbonyl (C=O) groups is 1. The molecule has 0 aromatic rings. The molecule has 0 bridgehead atoms. The molecule has 2 rings (SSSR count). The maximum Gasteiger partial charge on any atom is 0.410 e. The zero-order chi connectivity index (χ0) is 16.2. The van der Waals surface area contributed by atoms with Crippen LogP contribution < -0.4 is 5.32 Å². The molecule has 1 aliphatic heterocycles. The number of hydrogen-bond acceptors (Lipinski definition) is 4. The Balaban J connectivity index is 1.72. The zero-order valence-electron chi connectivity index (χ0n) is 14.6. The van der Waals surface area contributed by atoms with Gasteiger partial charge in [-0.1, -0.05) is 0 Å². The first-order valence-corrected chi connectivity index (χ1v) is 9.80. The molecule has 0 radical (unpaired) electrons. The predicted octanol–water partition coefficient (Wildman–Crippen LogP) is 3.65. The van der Waals surface area contributed by atoms with E-state index in [1.807, 2.05) is 27.8 Å². The van der Waals surface area contributed by atoms with Crippen molar-refractivity contribution >= 4 is 17.9 Å². The molecule has 1 amide bonds. The Morgan fingerprint density at radius 2 is 1.59 bits per heavy atom. The van der Waals surface area contributed by atoms with E-state index in [0.29, 0.717) is 18.1 Å². The second kappa shape index (κ2) is 7.91. The van der Waals surface area contributed by atoms with Crippen LogP contribution in [0.25, 0.3) is 0 Å². The van der Waals surface area contributed by atoms with Gasteiger partial charge in [-0.3, -0.25) is 0 Å². The predicted molar refractivity (Wildman–Crippen MR) is 93.5 cm³/mol. The first-order chi connectivity index (χ1) is 10.3. The first-order valence-electron chi connectivity index (χ1n) is 8.65. The molecule has 0 aromatic heterocycles. The summed E-state index contributed by atoms with van der Waals surface area (Å²) in [6.45, 7) is 5.76. The van der Waals surface area contributed by atoms with E-state index >= 15 is 0 Å². The molecular weight excluding hydrogens is 296 g/mol. The van der Waals surface area contributed by atoms with Crippen molar-refractivity contribution in [1.29, 1.82) is 0 Å². The Bertz CT molecular complexity index is 356. The van der Waals surface area contributed by atoms with Crippen LogP contribution >= 0.6 is 11.8 Å². The van der Waals surface area contributed by atoms with Gasteiger partial charge in [0.15, 0.2) is 0 Å². The van der Waals surface area contributed by atoms with Crippen LogP contribution in [0.5, 0.6) is 0 Å². The molecule has 22 heavy (non-hydrogen) atoms. The zero-order valence-corrected chi connectivity index (χ0v) is 15.4. The highest BCUT2D eigenvalue weighted by Gasteiger charge is 2.30. The second-order valence-corrected chi connectivity index (χ2v) is 8.87. The van der Waals surface area contributed by atoms with Gasteiger partial charge in [-0.25, -0.2) is 4.79 Å². The molecule has 2 fully saturated rings. The lowest BCUT2D eigenvalue weighted by Crippen LogP contribution is -2.47. The van der Waals surface area contributed by atoms with Crippen molar-refractivity contribution in [2.75, 3.05) is 18.6 Å². The van der Waals surface area contributed by atoms with Crippen LogP contribution in [0.2, 0.25) is 0 Å². The van der Waals surface area contributed by atoms with Gasteiger partial charge >= 0.3 is 6.09 Å². The third kappa shape index (κ3) is 5.65. The Kier molecular flexibility index (Phi) is 6.45. The Morgan fingerprint density at radius 3 is 2.14 bits per heavy atom. The smallest absolute Gasteiger partial charge is 0.410 e. The summed E-state index contributed by atoms with van der Waals surface area (Å²) in [6.07, 6.45) is 6.92. The van der Waals surface area contributed by atoms with Crippen LogP contribution in [-0.2, 0) is 4.74 Å². The molecule has 0 spiro atoms. The quantitative estimate of drug-likeness (QED) is 0.858. The number of ether oxygens (including phenoxy) is 1. The van der Waals surface area contributed by atoms with Gasteiger partial charge in [-0.05, 0) is 70.8 Å². The largest absolute Gasteiger partial charge is 0.444 e. The normalized spacial score (nSPS) is 27.5. The van der Waals surface area contributed by atoms with Crippen LogP contribution in [0.3, 0.4) is 0 Å². The minimum atomic E-state index is -0.414. The van der Waals surface area contributed by atoms with Crippen LogP contribution in [-0.4, -0.2) is 53.3 Å². The number of thioether (sulfide) groups is 1. The lowest BCUT2D eigenvalue weighted by molar-refractivity contribution is 0.0178. The summed E-state index contributed by atoms with van der Waals surface area (Å²) < 4.78 is 5.47. The lowest BCUT2D eigenvalue weighted by Gasteiger charge is -2.37. The van der Waals surface area contributed by atoms with Gasteiger partial charge in [-0.2, -0.15) is 11.8 Å². The third-order valence-corrected chi connectivity index (χ3v) is 5.67. The Hall–Kier alpha value is -0.420. The van der Waals surface area contributed by atoms with Crippen LogP contribution in [0, 0.1) is 0 Å². The van der Waals surface area contributed by atoms with Crippen LogP contribution in [0.15, 0.2) is 0 Å². The van der Waals surface area contributed by atoms with Crippen LogP contribution in [0.4, 0.5) is 4.79 Å². The third-order valence-electron chi connectivity index (χ3n) is 4.62. The van der Waals surface area contributed by atoms with Crippen molar-refractivity contribution in [2.45, 2.75) is 83.0 Å². The van der Waals surface area contributed by atoms with Crippen molar-refractivity contribution in [3.05, 3.63) is 0 Å². The van der Waals surface area contributed by atoms with E-state index in [1.54, 1.807) is 4.90 Å². The monoisotopic (exact) mass is 328 g/mol. The standard InChI is InChI=1S/C17H32N2O2S/c1-17(2,3)21-16(20)19(4)15-7-5-13(6-8-15)18-14-9-11-22-12-10-14/h13-15,18H,5-12H2,1-4H3. The van der Waals surface area contributed by atoms with Crippen molar-refractivity contribution in [3.63, 3.8) is 0 Å². The van der Waals surface area contributed by atoms with E-state index in [9.17, 15) is 4.79 Å². The highest BCUT2D eigenvalue weighted by Crippen LogP contribution is 2.26. The molecule has 1 N–H and O–H groups in total. The summed E-state index contributed by atoms with van der Waals surface area (Å²) in [4.78, 5) is 13.9. The maximum atomic E-state index is 12.1. The molecule has 128 valence electrons. The van der Waals surface area contributed by atoms with E-state index < -0.39 is 5.60 Å². The van der Waals surface area contributed by atoms with Gasteiger partial charge in [0.25, 0.3) is 0 Å². The van der Waals surface area contributed by atoms with Gasteiger partial charge < -0.3 is 15.0 Å². The average Bonchev–Trinajstić information content (AvgIpc) is 2.46. The highest BCUT2D eigenvalue weighted by molar-refractivity contribution is 7.99. The van der Waals surface area contributed by atoms with Gasteiger partial charge in [-0.15, -0.1) is 0 Å². The minimum absolute atomic E-state index is 0.187. The SMILES string of the molecule is CN(C(=O)OC(C)(C)C)C1CCC(NC2CCSCC2)CC1. The van der Waals surface area contributed by atoms with Gasteiger partial charge in [0.1, 0.15) is 5.60 Å². The summed E-state index contributed by atoms with van der Waals surface area (Å²) >= 11 is 2.07. The van der Waals surface area contributed by atoms with Crippen molar-refractivity contribution < 1.29 is 9.53 Å². The molecular formula is C17H32N2O2S. The molecule has 0 aromatic carbocycles. The lowest BCUT2D eigenvalue weighted by atomic mass is 9.89. The van der Waals surface area contributed by atoms with Crippen molar-refractivity contribution in [1.82, 2.24) is 10.2 Å². The summed E-state index contributed by atoms with van der Waals surface area (Å²) in [7, 11) is 1.88. The maximum absolute atomic E-state index is 12.1. The molecule has 1 saturated heterocycles. The highest BCUT2D eigenvalue weighted by atomic mass is 32.2. The van der Waals surface area contributed by atoms with Crippen LogP contribution in [0.1, 0.15) is 59.3 Å². The fourth-order valence-electron chi connectivity index (χ4n) is 3.31. The van der Waals surface area contributed by atoms with E-state index in [-0.39, 0.29) is 6.09 Å². The fourth-order valence-corrected chi connectivity index (χ4v) is 4.42. The number of carbonyl (C=O) groups excluding carboxylic acids is 1. The molecule has 1 saturated carbocycles. The van der Waals surface area contributed by atoms with Crippen molar-refractivity contribution in [3.8, 4) is 0 Å². The van der Waals surface area contributed by atoms with E-state index in [2.05, 4.69) is 17.1 Å². The fraction of sp³-hybridized carbons (Fsp3) is 0.941. The average molecular weight is 329 g/mol. The molecule has 4 nitrogen and oxygen atoms in total. The van der Waals surface area contributed by atoms with Crippen molar-refractivity contribution in [2.24, 2.45) is 0 Å². The first kappa shape index (κ1) is 17.9. The summed E-state index contributed by atoms with van der Waals surface area (Å²) in [5.74, 6) is 2.60. The summed E-state index contributed by atoms with van der Waals surface area (Å²) in [6, 6.07) is 1.68. The topological polar surface area (TPSA) is 41.6 Å². The number of nitrogens with one attached hydrogen (secondary N) is 1. The van der Waals surface area contributed by atoms with Gasteiger partial charge in [0.05, 0.1) is 0 Å². The van der Waals surface area contributed by atoms with Gasteiger partial charge in [0.2, 0.25) is 0 Å². The number of nitrogens with zero attached hydrogens (tertiary/aromatic N) is 1. The van der Waals surface area contributed by atoms with E-state index in [1.165, 1.54) is 37.2 Å². The molecule has 5 heteroatoms. The number of hydrogen-bond donors (Lipinski definition) is 1. The molecule has 0 unspecified atom stereocenters. The molecule has 1 heterocycles. The summed E-state index contributed by atoms with van der Waals surface area (Å²) in [5.41, 5.74) is -0.414. The molecule has 2 aliphatic rings. The van der Waals surface area contributed by atoms with Gasteiger partial charge in [0, 0.05) is 25.2 Å². The minimum Gasteiger partial charge on any atom is -0.444 e. The Labute approximate surface area is 139 Å². The Morgan fingerprint density at radius 1 is 1.05 bits per heavy atom. The summed E-state index contributed by atoms with van der Waals surface area (Å²) in [5, 5.41) is 3.84. The van der Waals surface area contributed by atoms with E-state index in [0.717, 1.165) is 12.8 Å².